The second kappa shape index (κ2) is 4.97. The average Bonchev–Trinajstić information content (AvgIpc) is 2.28. The van der Waals surface area contributed by atoms with Crippen molar-refractivity contribution in [2.45, 2.75) is 19.9 Å². The Bertz CT molecular complexity index is 500. The minimum absolute atomic E-state index is 0.229. The van der Waals surface area contributed by atoms with Gasteiger partial charge < -0.3 is 10.2 Å². The number of likely N-dealkylation sites (tertiary alicyclic amines) is 2. The van der Waals surface area contributed by atoms with E-state index in [1.165, 1.54) is 25.2 Å². The lowest BCUT2D eigenvalue weighted by Gasteiger charge is -2.62. The fourth-order valence-corrected chi connectivity index (χ4v) is 3.27. The summed E-state index contributed by atoms with van der Waals surface area (Å²) in [7, 11) is 0. The highest BCUT2D eigenvalue weighted by molar-refractivity contribution is 7.80. The maximum atomic E-state index is 12.8. The van der Waals surface area contributed by atoms with Crippen LogP contribution in [0.4, 0.5) is 10.1 Å². The molecule has 2 heterocycles. The molecule has 2 saturated heterocycles. The summed E-state index contributed by atoms with van der Waals surface area (Å²) in [6, 6.07) is 6.94. The van der Waals surface area contributed by atoms with Gasteiger partial charge in [-0.3, -0.25) is 4.90 Å². The summed E-state index contributed by atoms with van der Waals surface area (Å²) in [6.07, 6.45) is 0. The van der Waals surface area contributed by atoms with Crippen LogP contribution in [0.3, 0.4) is 0 Å². The van der Waals surface area contributed by atoms with Crippen LogP contribution in [0, 0.1) is 11.2 Å². The van der Waals surface area contributed by atoms with Gasteiger partial charge in [-0.15, -0.1) is 0 Å². The van der Waals surface area contributed by atoms with Crippen LogP contribution in [0.5, 0.6) is 0 Å². The third-order valence-electron chi connectivity index (χ3n) is 4.24. The zero-order valence-electron chi connectivity index (χ0n) is 11.9. The Labute approximate surface area is 124 Å². The van der Waals surface area contributed by atoms with E-state index in [0.29, 0.717) is 11.5 Å². The number of benzene rings is 1. The molecule has 3 rings (SSSR count). The van der Waals surface area contributed by atoms with Crippen LogP contribution in [0.25, 0.3) is 0 Å². The van der Waals surface area contributed by atoms with Crippen molar-refractivity contribution < 1.29 is 4.39 Å². The third-order valence-corrected chi connectivity index (χ3v) is 4.60. The summed E-state index contributed by atoms with van der Waals surface area (Å²) in [4.78, 5) is 4.68. The van der Waals surface area contributed by atoms with Crippen LogP contribution in [-0.4, -0.2) is 47.1 Å². The first-order chi connectivity index (χ1) is 9.47. The molecule has 2 fully saturated rings. The first-order valence-corrected chi connectivity index (χ1v) is 7.44. The highest BCUT2D eigenvalue weighted by Gasteiger charge is 2.52. The number of anilines is 1. The molecule has 108 valence electrons. The van der Waals surface area contributed by atoms with Crippen molar-refractivity contribution in [1.29, 1.82) is 0 Å². The Kier molecular flexibility index (Phi) is 3.42. The smallest absolute Gasteiger partial charge is 0.173 e. The maximum Gasteiger partial charge on any atom is 0.173 e. The summed E-state index contributed by atoms with van der Waals surface area (Å²) < 4.78 is 12.8. The summed E-state index contributed by atoms with van der Waals surface area (Å²) in [5.74, 6) is -0.229. The number of hydrogen-bond donors (Lipinski definition) is 1. The molecule has 0 amide bonds. The monoisotopic (exact) mass is 293 g/mol. The maximum absolute atomic E-state index is 12.8. The van der Waals surface area contributed by atoms with Crippen molar-refractivity contribution in [1.82, 2.24) is 9.80 Å². The van der Waals surface area contributed by atoms with Gasteiger partial charge in [0, 0.05) is 43.3 Å². The Morgan fingerprint density at radius 1 is 1.20 bits per heavy atom. The van der Waals surface area contributed by atoms with Crippen LogP contribution in [-0.2, 0) is 0 Å². The van der Waals surface area contributed by atoms with Gasteiger partial charge in [-0.2, -0.15) is 0 Å². The summed E-state index contributed by atoms with van der Waals surface area (Å²) in [6.45, 7) is 8.90. The molecule has 2 aliphatic heterocycles. The van der Waals surface area contributed by atoms with Crippen LogP contribution in [0.2, 0.25) is 0 Å². The fourth-order valence-electron chi connectivity index (χ4n) is 3.02. The van der Waals surface area contributed by atoms with Gasteiger partial charge in [-0.05, 0) is 50.3 Å². The lowest BCUT2D eigenvalue weighted by molar-refractivity contribution is -0.0988. The molecule has 0 aliphatic carbocycles. The Hall–Kier alpha value is -1.20. The molecule has 3 nitrogen and oxygen atoms in total. The van der Waals surface area contributed by atoms with E-state index in [9.17, 15) is 4.39 Å². The van der Waals surface area contributed by atoms with E-state index in [1.807, 2.05) is 0 Å². The van der Waals surface area contributed by atoms with Gasteiger partial charge in [-0.25, -0.2) is 4.39 Å². The summed E-state index contributed by atoms with van der Waals surface area (Å²) in [5, 5.41) is 3.91. The molecule has 0 unspecified atom stereocenters. The van der Waals surface area contributed by atoms with Crippen molar-refractivity contribution in [2.24, 2.45) is 5.41 Å². The molecular formula is C15H20FN3S. The molecule has 1 aromatic rings. The molecule has 0 bridgehead atoms. The van der Waals surface area contributed by atoms with E-state index >= 15 is 0 Å². The number of rotatable bonds is 2. The lowest BCUT2D eigenvalue weighted by atomic mass is 9.72. The second-order valence-corrected chi connectivity index (χ2v) is 6.68. The molecule has 1 N–H and O–H groups in total. The number of thiocarbonyl (C=S) groups is 1. The van der Waals surface area contributed by atoms with Crippen molar-refractivity contribution in [3.63, 3.8) is 0 Å². The molecule has 2 aliphatic rings. The van der Waals surface area contributed by atoms with Crippen molar-refractivity contribution in [3.8, 4) is 0 Å². The Morgan fingerprint density at radius 2 is 1.80 bits per heavy atom. The number of hydrogen-bond acceptors (Lipinski definition) is 2. The highest BCUT2D eigenvalue weighted by atomic mass is 32.1. The van der Waals surface area contributed by atoms with Crippen molar-refractivity contribution >= 4 is 23.0 Å². The topological polar surface area (TPSA) is 18.5 Å². The van der Waals surface area contributed by atoms with Gasteiger partial charge in [0.2, 0.25) is 0 Å². The van der Waals surface area contributed by atoms with Gasteiger partial charge >= 0.3 is 0 Å². The normalized spacial score (nSPS) is 20.7. The van der Waals surface area contributed by atoms with Crippen LogP contribution < -0.4 is 5.32 Å². The molecule has 1 spiro atoms. The zero-order valence-corrected chi connectivity index (χ0v) is 12.7. The van der Waals surface area contributed by atoms with Crippen LogP contribution >= 0.6 is 12.2 Å². The second-order valence-electron chi connectivity index (χ2n) is 6.29. The first kappa shape index (κ1) is 13.8. The first-order valence-electron chi connectivity index (χ1n) is 7.03. The average molecular weight is 293 g/mol. The molecule has 20 heavy (non-hydrogen) atoms. The number of halogens is 1. The predicted octanol–water partition coefficient (Wildman–Crippen LogP) is 2.55. The zero-order chi connectivity index (χ0) is 14.3. The fraction of sp³-hybridized carbons (Fsp3) is 0.533. The summed E-state index contributed by atoms with van der Waals surface area (Å²) in [5.41, 5.74) is 1.30. The Morgan fingerprint density at radius 3 is 2.35 bits per heavy atom. The Balaban J connectivity index is 1.48. The standard InChI is InChI=1S/C15H20FN3S/c1-11(2)18-7-15(8-18)9-19(10-15)14(20)17-13-5-3-12(16)4-6-13/h3-6,11H,7-10H2,1-2H3,(H,17,20). The largest absolute Gasteiger partial charge is 0.348 e. The van der Waals surface area contributed by atoms with Gasteiger partial charge in [0.1, 0.15) is 5.82 Å². The van der Waals surface area contributed by atoms with E-state index < -0.39 is 0 Å². The minimum atomic E-state index is -0.229. The SMILES string of the molecule is CC(C)N1CC2(CN(C(=S)Nc3ccc(F)cc3)C2)C1. The molecular weight excluding hydrogens is 273 g/mol. The summed E-state index contributed by atoms with van der Waals surface area (Å²) >= 11 is 5.41. The quantitative estimate of drug-likeness (QED) is 0.844. The third kappa shape index (κ3) is 2.52. The molecule has 0 saturated carbocycles. The molecule has 0 aromatic heterocycles. The predicted molar refractivity (Wildman–Crippen MR) is 83.3 cm³/mol. The van der Waals surface area contributed by atoms with Gasteiger partial charge in [0.05, 0.1) is 0 Å². The van der Waals surface area contributed by atoms with Gasteiger partial charge in [0.25, 0.3) is 0 Å². The van der Waals surface area contributed by atoms with E-state index in [4.69, 9.17) is 12.2 Å². The van der Waals surface area contributed by atoms with Crippen LogP contribution in [0.15, 0.2) is 24.3 Å². The molecule has 1 aromatic carbocycles. The van der Waals surface area contributed by atoms with E-state index in [1.54, 1.807) is 12.1 Å². The number of nitrogens with one attached hydrogen (secondary N) is 1. The number of nitrogens with zero attached hydrogens (tertiary/aromatic N) is 2. The van der Waals surface area contributed by atoms with Gasteiger partial charge in [-0.1, -0.05) is 0 Å². The highest BCUT2D eigenvalue weighted by Crippen LogP contribution is 2.40. The van der Waals surface area contributed by atoms with Crippen molar-refractivity contribution in [2.75, 3.05) is 31.5 Å². The molecule has 5 heteroatoms. The minimum Gasteiger partial charge on any atom is -0.348 e. The van der Waals surface area contributed by atoms with Crippen LogP contribution in [0.1, 0.15) is 13.8 Å². The lowest BCUT2D eigenvalue weighted by Crippen LogP contribution is -2.74. The van der Waals surface area contributed by atoms with E-state index in [-0.39, 0.29) is 5.82 Å². The van der Waals surface area contributed by atoms with E-state index in [2.05, 4.69) is 29.0 Å². The molecule has 0 radical (unpaired) electrons. The van der Waals surface area contributed by atoms with E-state index in [0.717, 1.165) is 23.9 Å². The molecule has 0 atom stereocenters. The van der Waals surface area contributed by atoms with Crippen molar-refractivity contribution in [3.05, 3.63) is 30.1 Å². The van der Waals surface area contributed by atoms with Gasteiger partial charge in [0.15, 0.2) is 5.11 Å².